The highest BCUT2D eigenvalue weighted by molar-refractivity contribution is 5.87. The van der Waals surface area contributed by atoms with E-state index < -0.39 is 5.97 Å². The fraction of sp³-hybridized carbons (Fsp3) is 0.545. The van der Waals surface area contributed by atoms with Crippen LogP contribution in [0.1, 0.15) is 29.4 Å². The monoisotopic (exact) mass is 211 g/mol. The van der Waals surface area contributed by atoms with Gasteiger partial charge in [-0.2, -0.15) is 0 Å². The van der Waals surface area contributed by atoms with Crippen molar-refractivity contribution in [3.05, 3.63) is 23.5 Å². The summed E-state index contributed by atoms with van der Waals surface area (Å²) in [5, 5.41) is 8.98. The summed E-state index contributed by atoms with van der Waals surface area (Å²) in [4.78, 5) is 10.9. The van der Waals surface area contributed by atoms with Gasteiger partial charge in [0.1, 0.15) is 5.69 Å². The van der Waals surface area contributed by atoms with Gasteiger partial charge in [-0.1, -0.05) is 6.92 Å². The predicted octanol–water partition coefficient (Wildman–Crippen LogP) is 1.92. The molecule has 4 heteroatoms. The zero-order chi connectivity index (χ0) is 11.3. The van der Waals surface area contributed by atoms with E-state index in [1.807, 2.05) is 13.0 Å². The number of aromatic carboxylic acids is 1. The Balaban J connectivity index is 2.57. The van der Waals surface area contributed by atoms with Gasteiger partial charge in [0.25, 0.3) is 0 Å². The minimum absolute atomic E-state index is 0.357. The number of aryl methyl sites for hydroxylation is 1. The van der Waals surface area contributed by atoms with E-state index in [1.54, 1.807) is 17.7 Å². The quantitative estimate of drug-likeness (QED) is 0.731. The summed E-state index contributed by atoms with van der Waals surface area (Å²) in [5.41, 5.74) is 1.15. The third-order valence-corrected chi connectivity index (χ3v) is 2.19. The Morgan fingerprint density at radius 3 is 2.87 bits per heavy atom. The number of ether oxygens (including phenoxy) is 1. The molecule has 1 heterocycles. The zero-order valence-corrected chi connectivity index (χ0v) is 9.19. The molecule has 0 radical (unpaired) electrons. The summed E-state index contributed by atoms with van der Waals surface area (Å²) in [6, 6.07) is 1.81. The van der Waals surface area contributed by atoms with Gasteiger partial charge in [-0.15, -0.1) is 0 Å². The highest BCUT2D eigenvalue weighted by atomic mass is 16.5. The van der Waals surface area contributed by atoms with E-state index in [1.165, 1.54) is 0 Å². The maximum Gasteiger partial charge on any atom is 0.352 e. The molecular formula is C11H17NO3. The SMILES string of the molecule is CCCOCCn1ccc(C)c1C(=O)O. The number of nitrogens with zero attached hydrogens (tertiary/aromatic N) is 1. The largest absolute Gasteiger partial charge is 0.477 e. The second-order valence-electron chi connectivity index (χ2n) is 3.46. The van der Waals surface area contributed by atoms with Gasteiger partial charge in [0.2, 0.25) is 0 Å². The fourth-order valence-electron chi connectivity index (χ4n) is 1.47. The van der Waals surface area contributed by atoms with Gasteiger partial charge in [0.05, 0.1) is 6.61 Å². The molecule has 0 aliphatic rings. The maximum absolute atomic E-state index is 10.9. The van der Waals surface area contributed by atoms with Crippen molar-refractivity contribution in [1.82, 2.24) is 4.57 Å². The highest BCUT2D eigenvalue weighted by Crippen LogP contribution is 2.09. The molecule has 1 aromatic heterocycles. The molecule has 0 fully saturated rings. The zero-order valence-electron chi connectivity index (χ0n) is 9.19. The predicted molar refractivity (Wildman–Crippen MR) is 57.2 cm³/mol. The van der Waals surface area contributed by atoms with E-state index in [9.17, 15) is 4.79 Å². The molecule has 0 saturated carbocycles. The average Bonchev–Trinajstić information content (AvgIpc) is 2.54. The second kappa shape index (κ2) is 5.56. The summed E-state index contributed by atoms with van der Waals surface area (Å²) < 4.78 is 7.03. The van der Waals surface area contributed by atoms with Gasteiger partial charge in [0, 0.05) is 19.3 Å². The lowest BCUT2D eigenvalue weighted by Gasteiger charge is -2.07. The van der Waals surface area contributed by atoms with Crippen molar-refractivity contribution in [1.29, 1.82) is 0 Å². The van der Waals surface area contributed by atoms with Gasteiger partial charge in [-0.05, 0) is 25.0 Å². The Hall–Kier alpha value is -1.29. The Morgan fingerprint density at radius 1 is 1.53 bits per heavy atom. The van der Waals surface area contributed by atoms with Crippen molar-refractivity contribution in [3.63, 3.8) is 0 Å². The van der Waals surface area contributed by atoms with Crippen molar-refractivity contribution in [3.8, 4) is 0 Å². The number of carboxylic acids is 1. The molecular weight excluding hydrogens is 194 g/mol. The summed E-state index contributed by atoms with van der Waals surface area (Å²) in [6.45, 7) is 5.72. The maximum atomic E-state index is 10.9. The molecule has 0 saturated heterocycles. The van der Waals surface area contributed by atoms with Crippen LogP contribution in [0, 0.1) is 6.92 Å². The van der Waals surface area contributed by atoms with Crippen LogP contribution in [0.25, 0.3) is 0 Å². The molecule has 0 bridgehead atoms. The standard InChI is InChI=1S/C11H17NO3/c1-3-7-15-8-6-12-5-4-9(2)10(12)11(13)14/h4-5H,3,6-8H2,1-2H3,(H,13,14). The molecule has 0 atom stereocenters. The number of hydrogen-bond acceptors (Lipinski definition) is 2. The highest BCUT2D eigenvalue weighted by Gasteiger charge is 2.12. The van der Waals surface area contributed by atoms with Crippen LogP contribution in [0.4, 0.5) is 0 Å². The molecule has 0 spiro atoms. The number of carbonyl (C=O) groups is 1. The molecule has 0 unspecified atom stereocenters. The molecule has 0 aliphatic heterocycles. The van der Waals surface area contributed by atoms with Gasteiger partial charge >= 0.3 is 5.97 Å². The Kier molecular flexibility index (Phi) is 4.37. The minimum Gasteiger partial charge on any atom is -0.477 e. The van der Waals surface area contributed by atoms with Gasteiger partial charge in [-0.25, -0.2) is 4.79 Å². The topological polar surface area (TPSA) is 51.5 Å². The van der Waals surface area contributed by atoms with E-state index >= 15 is 0 Å². The minimum atomic E-state index is -0.881. The summed E-state index contributed by atoms with van der Waals surface area (Å²) >= 11 is 0. The summed E-state index contributed by atoms with van der Waals surface area (Å²) in [7, 11) is 0. The van der Waals surface area contributed by atoms with Crippen LogP contribution in [-0.2, 0) is 11.3 Å². The Morgan fingerprint density at radius 2 is 2.27 bits per heavy atom. The molecule has 15 heavy (non-hydrogen) atoms. The van der Waals surface area contributed by atoms with Crippen LogP contribution in [0.3, 0.4) is 0 Å². The Labute approximate surface area is 89.5 Å². The molecule has 1 aromatic rings. The van der Waals surface area contributed by atoms with E-state index in [4.69, 9.17) is 9.84 Å². The first-order valence-corrected chi connectivity index (χ1v) is 5.13. The molecule has 84 valence electrons. The van der Waals surface area contributed by atoms with E-state index in [-0.39, 0.29) is 0 Å². The van der Waals surface area contributed by atoms with E-state index in [0.717, 1.165) is 18.6 Å². The van der Waals surface area contributed by atoms with Crippen molar-refractivity contribution in [2.45, 2.75) is 26.8 Å². The first kappa shape index (κ1) is 11.8. The van der Waals surface area contributed by atoms with Gasteiger partial charge in [-0.3, -0.25) is 0 Å². The number of aromatic nitrogens is 1. The second-order valence-corrected chi connectivity index (χ2v) is 3.46. The van der Waals surface area contributed by atoms with Crippen LogP contribution >= 0.6 is 0 Å². The van der Waals surface area contributed by atoms with Crippen molar-refractivity contribution in [2.24, 2.45) is 0 Å². The van der Waals surface area contributed by atoms with E-state index in [2.05, 4.69) is 0 Å². The first-order chi connectivity index (χ1) is 7.16. The van der Waals surface area contributed by atoms with Crippen molar-refractivity contribution >= 4 is 5.97 Å². The lowest BCUT2D eigenvalue weighted by atomic mass is 10.3. The normalized spacial score (nSPS) is 10.5. The number of hydrogen-bond donors (Lipinski definition) is 1. The van der Waals surface area contributed by atoms with Gasteiger partial charge < -0.3 is 14.4 Å². The third-order valence-electron chi connectivity index (χ3n) is 2.19. The first-order valence-electron chi connectivity index (χ1n) is 5.13. The summed E-state index contributed by atoms with van der Waals surface area (Å²) in [5.74, 6) is -0.881. The van der Waals surface area contributed by atoms with Crippen LogP contribution in [-0.4, -0.2) is 28.9 Å². The molecule has 4 nitrogen and oxygen atoms in total. The average molecular weight is 211 g/mol. The van der Waals surface area contributed by atoms with Crippen LogP contribution < -0.4 is 0 Å². The number of carboxylic acid groups (broad SMARTS) is 1. The molecule has 0 amide bonds. The van der Waals surface area contributed by atoms with Crippen molar-refractivity contribution < 1.29 is 14.6 Å². The van der Waals surface area contributed by atoms with Crippen LogP contribution in [0.5, 0.6) is 0 Å². The smallest absolute Gasteiger partial charge is 0.352 e. The van der Waals surface area contributed by atoms with Crippen LogP contribution in [0.15, 0.2) is 12.3 Å². The Bertz CT molecular complexity index is 331. The van der Waals surface area contributed by atoms with Crippen molar-refractivity contribution in [2.75, 3.05) is 13.2 Å². The number of rotatable bonds is 6. The molecule has 0 aliphatic carbocycles. The third kappa shape index (κ3) is 3.09. The molecule has 0 aromatic carbocycles. The lowest BCUT2D eigenvalue weighted by Crippen LogP contribution is -2.12. The fourth-order valence-corrected chi connectivity index (χ4v) is 1.47. The molecule has 1 N–H and O–H groups in total. The van der Waals surface area contributed by atoms with Crippen LogP contribution in [0.2, 0.25) is 0 Å². The van der Waals surface area contributed by atoms with Gasteiger partial charge in [0.15, 0.2) is 0 Å². The van der Waals surface area contributed by atoms with E-state index in [0.29, 0.717) is 18.8 Å². The lowest BCUT2D eigenvalue weighted by molar-refractivity contribution is 0.0679. The molecule has 1 rings (SSSR count). The summed E-state index contributed by atoms with van der Waals surface area (Å²) in [6.07, 6.45) is 2.77.